The molecule has 0 aliphatic rings. The fraction of sp³-hybridized carbons (Fsp3) is 0.0667. The van der Waals surface area contributed by atoms with E-state index in [1.54, 1.807) is 0 Å². The van der Waals surface area contributed by atoms with Crippen LogP contribution in [0.2, 0.25) is 0 Å². The average molecular weight is 399 g/mol. The van der Waals surface area contributed by atoms with Crippen LogP contribution < -0.4 is 4.90 Å². The third-order valence-electron chi connectivity index (χ3n) is 2.02. The first-order chi connectivity index (χ1) is 6.88. The van der Waals surface area contributed by atoms with E-state index in [2.05, 4.69) is 18.2 Å². The van der Waals surface area contributed by atoms with E-state index in [0.717, 1.165) is 11.4 Å². The van der Waals surface area contributed by atoms with Crippen molar-refractivity contribution in [3.8, 4) is 0 Å². The van der Waals surface area contributed by atoms with Crippen molar-refractivity contribution >= 4 is 19.8 Å². The second kappa shape index (κ2) is 14.9. The van der Waals surface area contributed by atoms with Crippen LogP contribution in [0, 0.1) is 33.1 Å². The summed E-state index contributed by atoms with van der Waals surface area (Å²) < 4.78 is 0. The van der Waals surface area contributed by atoms with Gasteiger partial charge in [0, 0.05) is 48.2 Å². The van der Waals surface area contributed by atoms with Crippen LogP contribution in [-0.4, -0.2) is 15.5 Å². The van der Waals surface area contributed by atoms with Crippen LogP contribution in [0.25, 0.3) is 0 Å². The molecule has 92 valence electrons. The second-order valence-electron chi connectivity index (χ2n) is 2.97. The summed E-state index contributed by atoms with van der Waals surface area (Å²) in [7, 11) is 1.98. The van der Waals surface area contributed by atoms with E-state index in [1.165, 1.54) is 0 Å². The van der Waals surface area contributed by atoms with Crippen molar-refractivity contribution in [3.63, 3.8) is 0 Å². The molecular weight excluding hydrogens is 383 g/mol. The summed E-state index contributed by atoms with van der Waals surface area (Å²) in [5.74, 6) is 0. The van der Waals surface area contributed by atoms with Crippen LogP contribution in [0.3, 0.4) is 0 Å². The van der Waals surface area contributed by atoms with Gasteiger partial charge in [0.05, 0.1) is 0 Å². The average Bonchev–Trinajstić information content (AvgIpc) is 2.30. The Kier molecular flexibility index (Phi) is 21.8. The second-order valence-corrected chi connectivity index (χ2v) is 2.97. The third kappa shape index (κ3) is 8.40. The Bertz CT molecular complexity index is 356. The van der Waals surface area contributed by atoms with Gasteiger partial charge in [0.25, 0.3) is 0 Å². The molecule has 1 nitrogen and oxygen atoms in total. The molecule has 0 N–H and O–H groups in total. The van der Waals surface area contributed by atoms with Crippen LogP contribution in [0.1, 0.15) is 0 Å². The summed E-state index contributed by atoms with van der Waals surface area (Å²) in [5, 5.41) is 0. The van der Waals surface area contributed by atoms with E-state index in [0.29, 0.717) is 0 Å². The molecule has 0 amide bonds. The van der Waals surface area contributed by atoms with Crippen molar-refractivity contribution < 1.29 is 65.4 Å². The Morgan fingerprint density at radius 2 is 1.42 bits per heavy atom. The Labute approximate surface area is 170 Å². The van der Waals surface area contributed by atoms with E-state index in [1.807, 2.05) is 54.4 Å². The minimum absolute atomic E-state index is 0. The van der Waals surface area contributed by atoms with E-state index < -0.39 is 0 Å². The van der Waals surface area contributed by atoms with Gasteiger partial charge in [-0.1, -0.05) is 5.69 Å². The number of rotatable bonds is 2. The number of para-hydroxylation sites is 2. The number of nitrogens with zero attached hydrogens (tertiary/aromatic N) is 1. The van der Waals surface area contributed by atoms with Gasteiger partial charge in [-0.05, 0) is 0 Å². The van der Waals surface area contributed by atoms with Crippen LogP contribution >= 0.6 is 0 Å². The van der Waals surface area contributed by atoms with Crippen LogP contribution in [0.4, 0.5) is 11.4 Å². The van der Waals surface area contributed by atoms with Crippen molar-refractivity contribution in [2.45, 2.75) is 0 Å². The van der Waals surface area contributed by atoms with Gasteiger partial charge >= 0.3 is 32.7 Å². The van der Waals surface area contributed by atoms with Crippen molar-refractivity contribution in [3.05, 3.63) is 75.5 Å². The van der Waals surface area contributed by atoms with Crippen LogP contribution in [0.15, 0.2) is 42.5 Å². The predicted octanol–water partition coefficient (Wildman–Crippen LogP) is 3.37. The smallest absolute Gasteiger partial charge is 0.414 e. The summed E-state index contributed by atoms with van der Waals surface area (Å²) in [6.45, 7) is 0. The van der Waals surface area contributed by atoms with Gasteiger partial charge < -0.3 is 31.9 Å². The van der Waals surface area contributed by atoms with E-state index in [-0.39, 0.29) is 88.7 Å². The summed E-state index contributed by atoms with van der Waals surface area (Å²) in [6, 6.07) is 22.9. The summed E-state index contributed by atoms with van der Waals surface area (Å²) >= 11 is 0. The quantitative estimate of drug-likeness (QED) is 0.554. The molecule has 0 heterocycles. The van der Waals surface area contributed by atoms with E-state index >= 15 is 0 Å². The predicted molar refractivity (Wildman–Crippen MR) is 76.0 cm³/mol. The molecule has 4 heteroatoms. The fourth-order valence-electron chi connectivity index (χ4n) is 1.25. The molecule has 0 bridgehead atoms. The molecule has 0 fully saturated rings. The first-order valence-electron chi connectivity index (χ1n) is 4.47. The summed E-state index contributed by atoms with van der Waals surface area (Å²) in [4.78, 5) is 2.00. The van der Waals surface area contributed by atoms with Crippen molar-refractivity contribution in [2.75, 3.05) is 11.9 Å². The number of anilines is 2. The Morgan fingerprint density at radius 3 is 1.89 bits per heavy atom. The molecule has 0 saturated carbocycles. The molecule has 4 radical (unpaired) electrons. The Hall–Kier alpha value is 0.513. The molecule has 2 rings (SSSR count). The molecular formula is C15H16BNY2-2. The maximum Gasteiger partial charge on any atom is 3.00 e. The van der Waals surface area contributed by atoms with Gasteiger partial charge in [-0.15, -0.1) is 6.07 Å². The number of benzene rings is 2. The minimum Gasteiger partial charge on any atom is -0.414 e. The van der Waals surface area contributed by atoms with Gasteiger partial charge in [-0.3, -0.25) is 18.2 Å². The maximum atomic E-state index is 3.15. The van der Waals surface area contributed by atoms with Crippen LogP contribution in [0.5, 0.6) is 0 Å². The molecule has 2 aromatic rings. The molecule has 0 aliphatic carbocycles. The normalized spacial score (nSPS) is 7.21. The van der Waals surface area contributed by atoms with Crippen molar-refractivity contribution in [1.29, 1.82) is 0 Å². The molecule has 0 saturated heterocycles. The fourth-order valence-corrected chi connectivity index (χ4v) is 1.25. The topological polar surface area (TPSA) is 3.24 Å². The van der Waals surface area contributed by atoms with Gasteiger partial charge in [0.15, 0.2) is 0 Å². The maximum absolute atomic E-state index is 3.15. The SMILES string of the molecule is CN(c1[c-]ccc[c-]1)c1[c-]cccc1.[B].[CH3-].[CH3-].[Y+3].[Y]. The Morgan fingerprint density at radius 1 is 0.895 bits per heavy atom. The number of hydrogen-bond donors (Lipinski definition) is 0. The Balaban J connectivity index is -0.000000225. The van der Waals surface area contributed by atoms with Gasteiger partial charge in [0.1, 0.15) is 0 Å². The minimum atomic E-state index is 0. The summed E-state index contributed by atoms with van der Waals surface area (Å²) in [6.07, 6.45) is 0. The first-order valence-corrected chi connectivity index (χ1v) is 4.47. The zero-order chi connectivity index (χ0) is 9.80. The van der Waals surface area contributed by atoms with Gasteiger partial charge in [-0.2, -0.15) is 24.3 Å². The molecule has 0 atom stereocenters. The molecule has 2 aromatic carbocycles. The van der Waals surface area contributed by atoms with Crippen LogP contribution in [-0.2, 0) is 65.4 Å². The third-order valence-corrected chi connectivity index (χ3v) is 2.02. The standard InChI is InChI=1S/C13H10N.2CH3.B.2Y/c1-14(12-8-4-2-5-9-12)13-10-6-3-7-11-13;;;;;/h2-8H,1H3;2*1H3;;;/q-3;2*-1;;;+3. The van der Waals surface area contributed by atoms with E-state index in [9.17, 15) is 0 Å². The molecule has 19 heavy (non-hydrogen) atoms. The van der Waals surface area contributed by atoms with Gasteiger partial charge in [-0.25, -0.2) is 5.69 Å². The monoisotopic (exact) mass is 399 g/mol. The molecule has 0 aromatic heterocycles. The number of hydrogen-bond acceptors (Lipinski definition) is 1. The largest absolute Gasteiger partial charge is 3.00 e. The van der Waals surface area contributed by atoms with E-state index in [4.69, 9.17) is 0 Å². The van der Waals surface area contributed by atoms with Gasteiger partial charge in [0.2, 0.25) is 0 Å². The zero-order valence-corrected chi connectivity index (χ0v) is 17.4. The first kappa shape index (κ1) is 27.8. The molecule has 0 unspecified atom stereocenters. The summed E-state index contributed by atoms with van der Waals surface area (Å²) in [5.41, 5.74) is 1.95. The zero-order valence-electron chi connectivity index (χ0n) is 11.7. The molecule has 0 spiro atoms. The van der Waals surface area contributed by atoms with Crippen molar-refractivity contribution in [2.24, 2.45) is 0 Å². The van der Waals surface area contributed by atoms with Crippen molar-refractivity contribution in [1.82, 2.24) is 0 Å². The molecule has 0 aliphatic heterocycles.